The van der Waals surface area contributed by atoms with Crippen LogP contribution in [0.5, 0.6) is 11.5 Å². The van der Waals surface area contributed by atoms with E-state index in [2.05, 4.69) is 4.98 Å². The van der Waals surface area contributed by atoms with Gasteiger partial charge >= 0.3 is 0 Å². The topological polar surface area (TPSA) is 53.4 Å². The molecule has 3 nitrogen and oxygen atoms in total. The number of pyridine rings is 1. The van der Waals surface area contributed by atoms with Crippen molar-refractivity contribution in [3.63, 3.8) is 0 Å². The molecule has 3 heteroatoms. The van der Waals surface area contributed by atoms with Gasteiger partial charge in [-0.25, -0.2) is 0 Å². The summed E-state index contributed by atoms with van der Waals surface area (Å²) in [7, 11) is 0. The van der Waals surface area contributed by atoms with Crippen molar-refractivity contribution in [3.05, 3.63) is 42.1 Å². The predicted octanol–water partition coefficient (Wildman–Crippen LogP) is 2.47. The van der Waals surface area contributed by atoms with Crippen LogP contribution < -0.4 is 0 Å². The first kappa shape index (κ1) is 9.52. The fourth-order valence-corrected chi connectivity index (χ4v) is 1.49. The van der Waals surface area contributed by atoms with E-state index in [9.17, 15) is 10.2 Å². The molecule has 0 atom stereocenters. The highest BCUT2D eigenvalue weighted by Crippen LogP contribution is 2.35. The standard InChI is InChI=1S/C12H11NO2/c1-8-4-3-7-13-11(8)9-5-2-6-10(14)12(9)15/h2-7,14-15H,1H3. The van der Waals surface area contributed by atoms with E-state index in [1.165, 1.54) is 6.07 Å². The molecule has 0 saturated heterocycles. The molecule has 76 valence electrons. The molecule has 1 aromatic heterocycles. The maximum absolute atomic E-state index is 9.69. The van der Waals surface area contributed by atoms with Gasteiger partial charge < -0.3 is 10.2 Å². The van der Waals surface area contributed by atoms with Crippen molar-refractivity contribution < 1.29 is 10.2 Å². The van der Waals surface area contributed by atoms with Crippen molar-refractivity contribution in [1.29, 1.82) is 0 Å². The lowest BCUT2D eigenvalue weighted by Gasteiger charge is -2.07. The van der Waals surface area contributed by atoms with E-state index in [-0.39, 0.29) is 11.5 Å². The summed E-state index contributed by atoms with van der Waals surface area (Å²) >= 11 is 0. The number of rotatable bonds is 1. The van der Waals surface area contributed by atoms with E-state index in [0.29, 0.717) is 11.3 Å². The van der Waals surface area contributed by atoms with E-state index >= 15 is 0 Å². The van der Waals surface area contributed by atoms with Gasteiger partial charge in [0.15, 0.2) is 11.5 Å². The second kappa shape index (κ2) is 3.61. The second-order valence-electron chi connectivity index (χ2n) is 3.34. The summed E-state index contributed by atoms with van der Waals surface area (Å²) in [6.45, 7) is 1.91. The maximum atomic E-state index is 9.69. The Labute approximate surface area is 87.7 Å². The van der Waals surface area contributed by atoms with Crippen LogP contribution in [0.25, 0.3) is 11.3 Å². The first-order valence-electron chi connectivity index (χ1n) is 4.63. The SMILES string of the molecule is Cc1cccnc1-c1cccc(O)c1O. The van der Waals surface area contributed by atoms with Crippen molar-refractivity contribution in [2.45, 2.75) is 6.92 Å². The van der Waals surface area contributed by atoms with E-state index < -0.39 is 0 Å². The van der Waals surface area contributed by atoms with Gasteiger partial charge in [0.2, 0.25) is 0 Å². The highest BCUT2D eigenvalue weighted by molar-refractivity contribution is 5.72. The first-order valence-corrected chi connectivity index (χ1v) is 4.63. The third-order valence-electron chi connectivity index (χ3n) is 2.28. The minimum absolute atomic E-state index is 0.126. The van der Waals surface area contributed by atoms with Gasteiger partial charge in [0.05, 0.1) is 5.69 Å². The number of aromatic nitrogens is 1. The van der Waals surface area contributed by atoms with Gasteiger partial charge in [0.25, 0.3) is 0 Å². The fourth-order valence-electron chi connectivity index (χ4n) is 1.49. The number of aromatic hydroxyl groups is 2. The number of nitrogens with zero attached hydrogens (tertiary/aromatic N) is 1. The van der Waals surface area contributed by atoms with Gasteiger partial charge in [-0.15, -0.1) is 0 Å². The summed E-state index contributed by atoms with van der Waals surface area (Å²) in [5, 5.41) is 19.1. The van der Waals surface area contributed by atoms with E-state index in [0.717, 1.165) is 5.56 Å². The number of hydrogen-bond donors (Lipinski definition) is 2. The molecule has 0 aliphatic heterocycles. The summed E-state index contributed by atoms with van der Waals surface area (Å²) < 4.78 is 0. The first-order chi connectivity index (χ1) is 7.20. The van der Waals surface area contributed by atoms with Crippen LogP contribution in [-0.4, -0.2) is 15.2 Å². The van der Waals surface area contributed by atoms with Crippen LogP contribution in [0.3, 0.4) is 0 Å². The Morgan fingerprint density at radius 1 is 1.07 bits per heavy atom. The maximum Gasteiger partial charge on any atom is 0.167 e. The lowest BCUT2D eigenvalue weighted by molar-refractivity contribution is 0.405. The molecule has 1 aromatic carbocycles. The molecule has 0 radical (unpaired) electrons. The summed E-state index contributed by atoms with van der Waals surface area (Å²) in [6, 6.07) is 8.59. The number of benzene rings is 1. The van der Waals surface area contributed by atoms with Gasteiger partial charge in [-0.2, -0.15) is 0 Å². The van der Waals surface area contributed by atoms with E-state index in [4.69, 9.17) is 0 Å². The fraction of sp³-hybridized carbons (Fsp3) is 0.0833. The van der Waals surface area contributed by atoms with Crippen LogP contribution in [0.4, 0.5) is 0 Å². The molecule has 0 bridgehead atoms. The van der Waals surface area contributed by atoms with Gasteiger partial charge in [0.1, 0.15) is 0 Å². The summed E-state index contributed by atoms with van der Waals surface area (Å²) in [5.74, 6) is -0.253. The molecule has 2 rings (SSSR count). The largest absolute Gasteiger partial charge is 0.504 e. The van der Waals surface area contributed by atoms with Crippen LogP contribution in [0.1, 0.15) is 5.56 Å². The lowest BCUT2D eigenvalue weighted by atomic mass is 10.1. The molecule has 0 fully saturated rings. The van der Waals surface area contributed by atoms with E-state index in [1.807, 2.05) is 19.1 Å². The van der Waals surface area contributed by atoms with Gasteiger partial charge in [-0.3, -0.25) is 4.98 Å². The van der Waals surface area contributed by atoms with Crippen LogP contribution in [-0.2, 0) is 0 Å². The quantitative estimate of drug-likeness (QED) is 0.697. The zero-order valence-electron chi connectivity index (χ0n) is 8.31. The number of hydrogen-bond acceptors (Lipinski definition) is 3. The van der Waals surface area contributed by atoms with Crippen molar-refractivity contribution in [2.75, 3.05) is 0 Å². The Balaban J connectivity index is 2.65. The predicted molar refractivity (Wildman–Crippen MR) is 57.7 cm³/mol. The van der Waals surface area contributed by atoms with Crippen molar-refractivity contribution >= 4 is 0 Å². The van der Waals surface area contributed by atoms with Crippen LogP contribution in [0.2, 0.25) is 0 Å². The molecule has 1 heterocycles. The molecule has 0 saturated carbocycles. The molecule has 15 heavy (non-hydrogen) atoms. The average Bonchev–Trinajstić information content (AvgIpc) is 2.23. The smallest absolute Gasteiger partial charge is 0.167 e. The molecule has 2 aromatic rings. The average molecular weight is 201 g/mol. The molecule has 0 aliphatic rings. The Morgan fingerprint density at radius 3 is 2.60 bits per heavy atom. The Hall–Kier alpha value is -2.03. The van der Waals surface area contributed by atoms with Gasteiger partial charge in [0, 0.05) is 11.8 Å². The highest BCUT2D eigenvalue weighted by Gasteiger charge is 2.10. The van der Waals surface area contributed by atoms with Crippen molar-refractivity contribution in [2.24, 2.45) is 0 Å². The minimum atomic E-state index is -0.127. The van der Waals surface area contributed by atoms with Crippen LogP contribution in [0.15, 0.2) is 36.5 Å². The van der Waals surface area contributed by atoms with Crippen molar-refractivity contribution in [1.82, 2.24) is 4.98 Å². The zero-order valence-corrected chi connectivity index (χ0v) is 8.31. The van der Waals surface area contributed by atoms with Crippen LogP contribution in [0, 0.1) is 6.92 Å². The normalized spacial score (nSPS) is 10.2. The molecule has 2 N–H and O–H groups in total. The molecule has 0 amide bonds. The third-order valence-corrected chi connectivity index (χ3v) is 2.28. The molecule has 0 unspecified atom stereocenters. The molecular formula is C12H11NO2. The Morgan fingerprint density at radius 2 is 1.87 bits per heavy atom. The van der Waals surface area contributed by atoms with E-state index in [1.54, 1.807) is 18.3 Å². The van der Waals surface area contributed by atoms with Crippen molar-refractivity contribution in [3.8, 4) is 22.8 Å². The zero-order chi connectivity index (χ0) is 10.8. The number of phenols is 2. The van der Waals surface area contributed by atoms with Crippen LogP contribution >= 0.6 is 0 Å². The lowest BCUT2D eigenvalue weighted by Crippen LogP contribution is -1.87. The molecule has 0 aliphatic carbocycles. The number of para-hydroxylation sites is 1. The highest BCUT2D eigenvalue weighted by atomic mass is 16.3. The van der Waals surface area contributed by atoms with Gasteiger partial charge in [-0.1, -0.05) is 12.1 Å². The Bertz CT molecular complexity index is 495. The summed E-state index contributed by atoms with van der Waals surface area (Å²) in [4.78, 5) is 4.18. The third kappa shape index (κ3) is 1.64. The molecule has 0 spiro atoms. The Kier molecular flexibility index (Phi) is 2.29. The summed E-state index contributed by atoms with van der Waals surface area (Å²) in [5.41, 5.74) is 2.19. The monoisotopic (exact) mass is 201 g/mol. The minimum Gasteiger partial charge on any atom is -0.504 e. The second-order valence-corrected chi connectivity index (χ2v) is 3.34. The van der Waals surface area contributed by atoms with Gasteiger partial charge in [-0.05, 0) is 30.7 Å². The summed E-state index contributed by atoms with van der Waals surface area (Å²) in [6.07, 6.45) is 1.66. The molecular weight excluding hydrogens is 190 g/mol. The number of phenolic OH excluding ortho intramolecular Hbond substituents is 2. The number of aryl methyl sites for hydroxylation is 1.